The average Bonchev–Trinajstić information content (AvgIpc) is 2.88. The first-order valence-electron chi connectivity index (χ1n) is 6.14. The molecule has 2 heterocycles. The molecule has 0 aliphatic carbocycles. The molecule has 0 saturated carbocycles. The third kappa shape index (κ3) is 3.78. The molecule has 102 valence electrons. The predicted octanol–water partition coefficient (Wildman–Crippen LogP) is 0.674. The molecule has 0 unspecified atom stereocenters. The number of hydrogen-bond donors (Lipinski definition) is 2. The lowest BCUT2D eigenvalue weighted by atomic mass is 10.1. The molecular weight excluding hydrogens is 264 g/mol. The van der Waals surface area contributed by atoms with Crippen LogP contribution in [0, 0.1) is 0 Å². The van der Waals surface area contributed by atoms with Gasteiger partial charge in [0.2, 0.25) is 0 Å². The van der Waals surface area contributed by atoms with Crippen molar-refractivity contribution in [2.75, 3.05) is 18.0 Å². The van der Waals surface area contributed by atoms with E-state index in [-0.39, 0.29) is 0 Å². The number of carbonyl (C=O) groups is 2. The van der Waals surface area contributed by atoms with E-state index < -0.39 is 11.8 Å². The lowest BCUT2D eigenvalue weighted by Gasteiger charge is -2.27. The van der Waals surface area contributed by atoms with Crippen LogP contribution < -0.4 is 16.1 Å². The van der Waals surface area contributed by atoms with Gasteiger partial charge in [-0.15, -0.1) is 11.3 Å². The van der Waals surface area contributed by atoms with Crippen LogP contribution in [0.25, 0.3) is 0 Å². The summed E-state index contributed by atoms with van der Waals surface area (Å²) in [7, 11) is 0. The summed E-state index contributed by atoms with van der Waals surface area (Å²) >= 11 is 1.61. The van der Waals surface area contributed by atoms with Gasteiger partial charge in [0.25, 0.3) is 0 Å². The molecular formula is C12H16N4O2S. The molecule has 6 nitrogen and oxygen atoms in total. The first kappa shape index (κ1) is 13.5. The minimum atomic E-state index is -1.04. The maximum atomic E-state index is 10.9. The molecule has 1 aromatic heterocycles. The zero-order valence-electron chi connectivity index (χ0n) is 10.5. The number of nitrogens with two attached hydrogens (primary N) is 1. The fraction of sp³-hybridized carbons (Fsp3) is 0.417. The molecule has 0 bridgehead atoms. The average molecular weight is 280 g/mol. The summed E-state index contributed by atoms with van der Waals surface area (Å²) in [6.45, 7) is 2.19. The number of nitrogens with zero attached hydrogens (tertiary/aromatic N) is 2. The van der Waals surface area contributed by atoms with Gasteiger partial charge in [-0.1, -0.05) is 0 Å². The Bertz CT molecular complexity index is 492. The van der Waals surface area contributed by atoms with Crippen LogP contribution in [0.3, 0.4) is 0 Å². The van der Waals surface area contributed by atoms with Gasteiger partial charge in [0, 0.05) is 18.0 Å². The largest absolute Gasteiger partial charge is 0.363 e. The second kappa shape index (κ2) is 6.33. The van der Waals surface area contributed by atoms with Crippen LogP contribution in [0.15, 0.2) is 17.2 Å². The molecule has 7 heteroatoms. The van der Waals surface area contributed by atoms with E-state index in [1.54, 1.807) is 11.3 Å². The molecule has 1 fully saturated rings. The molecule has 2 rings (SSSR count). The quantitative estimate of drug-likeness (QED) is 0.484. The van der Waals surface area contributed by atoms with Crippen LogP contribution in [0.5, 0.6) is 0 Å². The number of piperidine rings is 1. The molecule has 0 spiro atoms. The summed E-state index contributed by atoms with van der Waals surface area (Å²) in [5.74, 6) is -1.96. The molecule has 3 N–H and O–H groups in total. The van der Waals surface area contributed by atoms with E-state index in [0.29, 0.717) is 0 Å². The summed E-state index contributed by atoms with van der Waals surface area (Å²) in [5, 5.41) is 4.90. The van der Waals surface area contributed by atoms with E-state index in [1.165, 1.54) is 30.5 Å². The molecule has 1 saturated heterocycles. The van der Waals surface area contributed by atoms with Crippen LogP contribution in [0.2, 0.25) is 0 Å². The van der Waals surface area contributed by atoms with Crippen molar-refractivity contribution in [2.24, 2.45) is 10.8 Å². The van der Waals surface area contributed by atoms with Crippen molar-refractivity contribution < 1.29 is 9.59 Å². The smallest absolute Gasteiger partial charge is 0.329 e. The number of nitrogens with one attached hydrogen (secondary N) is 1. The fourth-order valence-electron chi connectivity index (χ4n) is 1.91. The van der Waals surface area contributed by atoms with Crippen LogP contribution in [-0.4, -0.2) is 31.1 Å². The van der Waals surface area contributed by atoms with Crippen molar-refractivity contribution in [2.45, 2.75) is 19.3 Å². The maximum absolute atomic E-state index is 10.9. The van der Waals surface area contributed by atoms with Gasteiger partial charge in [0.05, 0.1) is 11.2 Å². The maximum Gasteiger partial charge on any atom is 0.329 e. The number of amides is 2. The highest BCUT2D eigenvalue weighted by molar-refractivity contribution is 7.17. The van der Waals surface area contributed by atoms with Crippen LogP contribution in [0.1, 0.15) is 24.1 Å². The molecule has 0 aromatic carbocycles. The fourth-order valence-corrected chi connectivity index (χ4v) is 2.84. The lowest BCUT2D eigenvalue weighted by molar-refractivity contribution is -0.137. The number of anilines is 1. The van der Waals surface area contributed by atoms with Crippen molar-refractivity contribution in [3.63, 3.8) is 0 Å². The summed E-state index contributed by atoms with van der Waals surface area (Å²) in [6, 6.07) is 3.99. The molecule has 0 atom stereocenters. The van der Waals surface area contributed by atoms with Crippen LogP contribution >= 0.6 is 11.3 Å². The minimum absolute atomic E-state index is 0.913. The van der Waals surface area contributed by atoms with Gasteiger partial charge in [-0.05, 0) is 31.4 Å². The van der Waals surface area contributed by atoms with E-state index in [4.69, 9.17) is 5.73 Å². The number of carbonyl (C=O) groups excluding carboxylic acids is 2. The number of primary amides is 1. The predicted molar refractivity (Wildman–Crippen MR) is 75.3 cm³/mol. The Morgan fingerprint density at radius 1 is 1.32 bits per heavy atom. The van der Waals surface area contributed by atoms with Crippen molar-refractivity contribution in [1.82, 2.24) is 5.43 Å². The second-order valence-electron chi connectivity index (χ2n) is 4.29. The van der Waals surface area contributed by atoms with Crippen molar-refractivity contribution in [3.05, 3.63) is 17.0 Å². The molecule has 1 aliphatic heterocycles. The van der Waals surface area contributed by atoms with E-state index in [9.17, 15) is 9.59 Å². The second-order valence-corrected chi connectivity index (χ2v) is 5.38. The monoisotopic (exact) mass is 280 g/mol. The summed E-state index contributed by atoms with van der Waals surface area (Å²) in [6.07, 6.45) is 5.28. The van der Waals surface area contributed by atoms with Gasteiger partial charge >= 0.3 is 11.8 Å². The van der Waals surface area contributed by atoms with E-state index in [1.807, 2.05) is 12.1 Å². The Kier molecular flexibility index (Phi) is 4.51. The zero-order chi connectivity index (χ0) is 13.7. The van der Waals surface area contributed by atoms with Crippen molar-refractivity contribution >= 4 is 34.4 Å². The summed E-state index contributed by atoms with van der Waals surface area (Å²) in [4.78, 5) is 24.6. The summed E-state index contributed by atoms with van der Waals surface area (Å²) < 4.78 is 0. The van der Waals surface area contributed by atoms with Crippen LogP contribution in [0.4, 0.5) is 5.00 Å². The molecule has 0 radical (unpaired) electrons. The van der Waals surface area contributed by atoms with E-state index >= 15 is 0 Å². The van der Waals surface area contributed by atoms with Crippen molar-refractivity contribution in [3.8, 4) is 0 Å². The standard InChI is InChI=1S/C12H16N4O2S/c13-11(17)12(18)15-14-8-9-4-5-10(19-9)16-6-2-1-3-7-16/h4-5,8H,1-3,6-7H2,(H2,13,17)(H,15,18). The van der Waals surface area contributed by atoms with Gasteiger partial charge in [0.15, 0.2) is 0 Å². The van der Waals surface area contributed by atoms with Gasteiger partial charge in [-0.3, -0.25) is 9.59 Å². The number of hydrogen-bond acceptors (Lipinski definition) is 5. The number of rotatable bonds is 3. The first-order chi connectivity index (χ1) is 9.16. The topological polar surface area (TPSA) is 87.8 Å². The SMILES string of the molecule is NC(=O)C(=O)NN=Cc1ccc(N2CCCCC2)s1. The number of thiophene rings is 1. The first-order valence-corrected chi connectivity index (χ1v) is 6.96. The third-order valence-electron chi connectivity index (χ3n) is 2.86. The van der Waals surface area contributed by atoms with E-state index in [2.05, 4.69) is 15.4 Å². The zero-order valence-corrected chi connectivity index (χ0v) is 11.3. The normalized spacial score (nSPS) is 15.7. The van der Waals surface area contributed by atoms with Gasteiger partial charge < -0.3 is 10.6 Å². The lowest BCUT2D eigenvalue weighted by Crippen LogP contribution is -2.32. The number of hydrazone groups is 1. The Hall–Kier alpha value is -1.89. The third-order valence-corrected chi connectivity index (χ3v) is 3.94. The van der Waals surface area contributed by atoms with Crippen molar-refractivity contribution in [1.29, 1.82) is 0 Å². The molecule has 1 aliphatic rings. The van der Waals surface area contributed by atoms with Gasteiger partial charge in [-0.25, -0.2) is 5.43 Å². The van der Waals surface area contributed by atoms with Gasteiger partial charge in [-0.2, -0.15) is 5.10 Å². The Morgan fingerprint density at radius 2 is 2.05 bits per heavy atom. The molecule has 2 amide bonds. The van der Waals surface area contributed by atoms with E-state index in [0.717, 1.165) is 18.0 Å². The highest BCUT2D eigenvalue weighted by atomic mass is 32.1. The highest BCUT2D eigenvalue weighted by Gasteiger charge is 2.12. The Labute approximate surface area is 115 Å². The Balaban J connectivity index is 1.91. The highest BCUT2D eigenvalue weighted by Crippen LogP contribution is 2.27. The minimum Gasteiger partial charge on any atom is -0.363 e. The van der Waals surface area contributed by atoms with Gasteiger partial charge in [0.1, 0.15) is 0 Å². The van der Waals surface area contributed by atoms with Crippen LogP contribution in [-0.2, 0) is 9.59 Å². The summed E-state index contributed by atoms with van der Waals surface area (Å²) in [5.41, 5.74) is 6.86. The molecule has 19 heavy (non-hydrogen) atoms. The Morgan fingerprint density at radius 3 is 2.74 bits per heavy atom. The molecule has 1 aromatic rings.